The molecule has 0 saturated carbocycles. The van der Waals surface area contributed by atoms with Crippen molar-refractivity contribution in [3.8, 4) is 0 Å². The van der Waals surface area contributed by atoms with Gasteiger partial charge in [0, 0.05) is 24.9 Å². The zero-order valence-electron chi connectivity index (χ0n) is 17.3. The number of carbonyl (C=O) groups excluding carboxylic acids is 1. The number of para-hydroxylation sites is 1. The van der Waals surface area contributed by atoms with Gasteiger partial charge in [0.2, 0.25) is 0 Å². The molecule has 6 nitrogen and oxygen atoms in total. The fourth-order valence-corrected chi connectivity index (χ4v) is 5.02. The van der Waals surface area contributed by atoms with Crippen molar-refractivity contribution in [2.75, 3.05) is 38.3 Å². The van der Waals surface area contributed by atoms with E-state index in [1.54, 1.807) is 17.0 Å². The lowest BCUT2D eigenvalue weighted by Gasteiger charge is -2.23. The highest BCUT2D eigenvalue weighted by Gasteiger charge is 2.24. The Balaban J connectivity index is 2.11. The van der Waals surface area contributed by atoms with Crippen LogP contribution in [0.2, 0.25) is 0 Å². The third-order valence-corrected chi connectivity index (χ3v) is 6.80. The number of fused-ring (bicyclic) bond motifs is 1. The normalized spacial score (nSPS) is 11.9. The summed E-state index contributed by atoms with van der Waals surface area (Å²) >= 11 is 1.33. The monoisotopic (exact) mass is 431 g/mol. The predicted molar refractivity (Wildman–Crippen MR) is 119 cm³/mol. The van der Waals surface area contributed by atoms with E-state index in [1.165, 1.54) is 17.6 Å². The Bertz CT molecular complexity index is 1170. The smallest absolute Gasteiger partial charge is 0.260 e. The average molecular weight is 432 g/mol. The Hall–Kier alpha value is -2.29. The maximum absolute atomic E-state index is 13.4. The Labute approximate surface area is 175 Å². The summed E-state index contributed by atoms with van der Waals surface area (Å²) in [6, 6.07) is 10.8. The molecule has 0 fully saturated rings. The molecule has 0 unspecified atom stereocenters. The van der Waals surface area contributed by atoms with Gasteiger partial charge in [0.05, 0.1) is 9.60 Å². The highest BCUT2D eigenvalue weighted by Crippen LogP contribution is 2.33. The SMILES string of the molecule is Cc1ccc(C(=O)N(CCN(C)C)c2nc3c(S(C)(=O)=O)cccc3s2)c(C)c1. The summed E-state index contributed by atoms with van der Waals surface area (Å²) in [5, 5.41) is 0.503. The molecule has 1 amide bonds. The number of aryl methyl sites for hydroxylation is 2. The molecule has 2 aromatic carbocycles. The Morgan fingerprint density at radius 2 is 1.83 bits per heavy atom. The number of nitrogens with zero attached hydrogens (tertiary/aromatic N) is 3. The fourth-order valence-electron chi connectivity index (χ4n) is 3.11. The second-order valence-corrected chi connectivity index (χ2v) is 10.4. The van der Waals surface area contributed by atoms with Crippen molar-refractivity contribution < 1.29 is 13.2 Å². The zero-order chi connectivity index (χ0) is 21.3. The number of hydrogen-bond acceptors (Lipinski definition) is 6. The molecule has 0 aliphatic carbocycles. The van der Waals surface area contributed by atoms with E-state index < -0.39 is 9.84 Å². The first-order chi connectivity index (χ1) is 13.6. The highest BCUT2D eigenvalue weighted by atomic mass is 32.2. The van der Waals surface area contributed by atoms with Crippen molar-refractivity contribution in [2.45, 2.75) is 18.7 Å². The summed E-state index contributed by atoms with van der Waals surface area (Å²) in [5.74, 6) is -0.135. The number of thiazole rings is 1. The number of rotatable bonds is 6. The minimum Gasteiger partial charge on any atom is -0.308 e. The van der Waals surface area contributed by atoms with Gasteiger partial charge in [-0.2, -0.15) is 0 Å². The van der Waals surface area contributed by atoms with Crippen molar-refractivity contribution in [3.63, 3.8) is 0 Å². The second-order valence-electron chi connectivity index (χ2n) is 7.45. The van der Waals surface area contributed by atoms with E-state index in [4.69, 9.17) is 0 Å². The average Bonchev–Trinajstić information content (AvgIpc) is 3.04. The molecule has 0 aliphatic heterocycles. The second kappa shape index (κ2) is 8.22. The molecule has 0 radical (unpaired) electrons. The number of amides is 1. The molecule has 0 N–H and O–H groups in total. The molecule has 1 heterocycles. The molecular weight excluding hydrogens is 406 g/mol. The van der Waals surface area contributed by atoms with Crippen LogP contribution < -0.4 is 4.90 Å². The van der Waals surface area contributed by atoms with Gasteiger partial charge in [-0.15, -0.1) is 0 Å². The van der Waals surface area contributed by atoms with Crippen LogP contribution in [0.4, 0.5) is 5.13 Å². The van der Waals surface area contributed by atoms with Crippen LogP contribution in [0.1, 0.15) is 21.5 Å². The van der Waals surface area contributed by atoms with Gasteiger partial charge in [-0.25, -0.2) is 13.4 Å². The van der Waals surface area contributed by atoms with E-state index in [0.717, 1.165) is 15.8 Å². The molecule has 29 heavy (non-hydrogen) atoms. The molecule has 0 spiro atoms. The van der Waals surface area contributed by atoms with Crippen LogP contribution in [0.25, 0.3) is 10.2 Å². The number of anilines is 1. The summed E-state index contributed by atoms with van der Waals surface area (Å²) < 4.78 is 25.0. The fraction of sp³-hybridized carbons (Fsp3) is 0.333. The van der Waals surface area contributed by atoms with E-state index >= 15 is 0 Å². The van der Waals surface area contributed by atoms with Gasteiger partial charge >= 0.3 is 0 Å². The van der Waals surface area contributed by atoms with Crippen molar-refractivity contribution in [2.24, 2.45) is 0 Å². The lowest BCUT2D eigenvalue weighted by atomic mass is 10.0. The molecule has 3 aromatic rings. The Morgan fingerprint density at radius 3 is 2.45 bits per heavy atom. The summed E-state index contributed by atoms with van der Waals surface area (Å²) in [6.45, 7) is 5.02. The van der Waals surface area contributed by atoms with Crippen LogP contribution in [0.5, 0.6) is 0 Å². The number of hydrogen-bond donors (Lipinski definition) is 0. The first-order valence-electron chi connectivity index (χ1n) is 9.21. The molecule has 0 saturated heterocycles. The summed E-state index contributed by atoms with van der Waals surface area (Å²) in [6.07, 6.45) is 1.17. The van der Waals surface area contributed by atoms with Gasteiger partial charge in [0.25, 0.3) is 5.91 Å². The Morgan fingerprint density at radius 1 is 1.10 bits per heavy atom. The van der Waals surface area contributed by atoms with Gasteiger partial charge in [-0.05, 0) is 51.7 Å². The van der Waals surface area contributed by atoms with Crippen LogP contribution in [-0.2, 0) is 9.84 Å². The van der Waals surface area contributed by atoms with Gasteiger partial charge in [-0.1, -0.05) is 35.1 Å². The van der Waals surface area contributed by atoms with Crippen LogP contribution in [-0.4, -0.2) is 57.6 Å². The van der Waals surface area contributed by atoms with E-state index in [9.17, 15) is 13.2 Å². The molecule has 154 valence electrons. The first-order valence-corrected chi connectivity index (χ1v) is 11.9. The molecular formula is C21H25N3O3S2. The van der Waals surface area contributed by atoms with Crippen LogP contribution in [0.15, 0.2) is 41.3 Å². The summed E-state index contributed by atoms with van der Waals surface area (Å²) in [4.78, 5) is 21.8. The van der Waals surface area contributed by atoms with Crippen molar-refractivity contribution in [1.82, 2.24) is 9.88 Å². The van der Waals surface area contributed by atoms with Gasteiger partial charge in [0.15, 0.2) is 15.0 Å². The first kappa shape index (κ1) is 21.4. The van der Waals surface area contributed by atoms with Crippen LogP contribution >= 0.6 is 11.3 Å². The summed E-state index contributed by atoms with van der Waals surface area (Å²) in [5.41, 5.74) is 3.04. The quantitative estimate of drug-likeness (QED) is 0.597. The topological polar surface area (TPSA) is 70.6 Å². The molecule has 3 rings (SSSR count). The number of sulfone groups is 1. The molecule has 0 atom stereocenters. The number of benzene rings is 2. The lowest BCUT2D eigenvalue weighted by molar-refractivity contribution is 0.0984. The molecule has 0 aliphatic rings. The van der Waals surface area contributed by atoms with Crippen molar-refractivity contribution in [3.05, 3.63) is 53.1 Å². The van der Waals surface area contributed by atoms with Crippen molar-refractivity contribution in [1.29, 1.82) is 0 Å². The largest absolute Gasteiger partial charge is 0.308 e. The van der Waals surface area contributed by atoms with Gasteiger partial charge < -0.3 is 4.90 Å². The number of carbonyl (C=O) groups is 1. The van der Waals surface area contributed by atoms with Gasteiger partial charge in [0.1, 0.15) is 5.52 Å². The standard InChI is InChI=1S/C21H25N3O3S2/c1-14-9-10-16(15(2)13-14)20(25)24(12-11-23(3)4)21-22-19-17(28-21)7-6-8-18(19)29(5,26)27/h6-10,13H,11-12H2,1-5H3. The predicted octanol–water partition coefficient (Wildman–Crippen LogP) is 3.53. The number of aromatic nitrogens is 1. The maximum atomic E-state index is 13.4. The highest BCUT2D eigenvalue weighted by molar-refractivity contribution is 7.91. The van der Waals surface area contributed by atoms with Crippen molar-refractivity contribution >= 4 is 42.4 Å². The van der Waals surface area contributed by atoms with E-state index in [0.29, 0.717) is 29.3 Å². The van der Waals surface area contributed by atoms with Crippen LogP contribution in [0.3, 0.4) is 0 Å². The Kier molecular flexibility index (Phi) is 6.07. The third kappa shape index (κ3) is 4.66. The minimum atomic E-state index is -3.42. The minimum absolute atomic E-state index is 0.135. The molecule has 8 heteroatoms. The number of likely N-dealkylation sites (N-methyl/N-ethyl adjacent to an activating group) is 1. The zero-order valence-corrected chi connectivity index (χ0v) is 18.9. The summed E-state index contributed by atoms with van der Waals surface area (Å²) in [7, 11) is 0.470. The molecule has 1 aromatic heterocycles. The lowest BCUT2D eigenvalue weighted by Crippen LogP contribution is -2.37. The maximum Gasteiger partial charge on any atom is 0.260 e. The van der Waals surface area contributed by atoms with E-state index in [-0.39, 0.29) is 10.8 Å². The van der Waals surface area contributed by atoms with Crippen LogP contribution in [0, 0.1) is 13.8 Å². The molecule has 0 bridgehead atoms. The van der Waals surface area contributed by atoms with E-state index in [2.05, 4.69) is 4.98 Å². The van der Waals surface area contributed by atoms with E-state index in [1.807, 2.05) is 57.1 Å². The third-order valence-electron chi connectivity index (χ3n) is 4.63. The van der Waals surface area contributed by atoms with Gasteiger partial charge in [-0.3, -0.25) is 9.69 Å².